The number of rotatable bonds is 2. The smallest absolute Gasteiger partial charge is 0.356 e. The van der Waals surface area contributed by atoms with Crippen LogP contribution >= 0.6 is 0 Å². The SMILES string of the molecule is CC(=O)N1C[C@H]2CN(c3cc(C(F)(F)F)ncn3)C[C@H]2[C@H]1c1cccc(F)c1. The second-order valence-corrected chi connectivity index (χ2v) is 7.26. The third kappa shape index (κ3) is 3.29. The second-order valence-electron chi connectivity index (χ2n) is 7.26. The first-order chi connectivity index (χ1) is 13.2. The van der Waals surface area contributed by atoms with Crippen LogP contribution in [-0.4, -0.2) is 40.4 Å². The molecule has 3 heterocycles. The summed E-state index contributed by atoms with van der Waals surface area (Å²) in [6.07, 6.45) is -3.62. The van der Waals surface area contributed by atoms with Gasteiger partial charge < -0.3 is 9.80 Å². The fourth-order valence-electron chi connectivity index (χ4n) is 4.35. The van der Waals surface area contributed by atoms with Crippen molar-refractivity contribution in [2.75, 3.05) is 24.5 Å². The Morgan fingerprint density at radius 1 is 1.14 bits per heavy atom. The van der Waals surface area contributed by atoms with Crippen molar-refractivity contribution in [2.45, 2.75) is 19.1 Å². The zero-order valence-corrected chi connectivity index (χ0v) is 15.0. The molecule has 0 bridgehead atoms. The summed E-state index contributed by atoms with van der Waals surface area (Å²) in [4.78, 5) is 22.9. The summed E-state index contributed by atoms with van der Waals surface area (Å²) < 4.78 is 52.6. The van der Waals surface area contributed by atoms with Crippen molar-refractivity contribution in [2.24, 2.45) is 11.8 Å². The van der Waals surface area contributed by atoms with Gasteiger partial charge in [0.15, 0.2) is 0 Å². The van der Waals surface area contributed by atoms with E-state index in [9.17, 15) is 22.4 Å². The predicted octanol–water partition coefficient (Wildman–Crippen LogP) is 3.29. The summed E-state index contributed by atoms with van der Waals surface area (Å²) in [6.45, 7) is 2.87. The van der Waals surface area contributed by atoms with E-state index >= 15 is 0 Å². The first kappa shape index (κ1) is 18.6. The number of benzene rings is 1. The van der Waals surface area contributed by atoms with Gasteiger partial charge in [-0.25, -0.2) is 14.4 Å². The molecule has 0 spiro atoms. The number of halogens is 4. The molecule has 0 N–H and O–H groups in total. The van der Waals surface area contributed by atoms with Crippen LogP contribution in [0.25, 0.3) is 0 Å². The van der Waals surface area contributed by atoms with Gasteiger partial charge in [0.05, 0.1) is 6.04 Å². The Labute approximate surface area is 159 Å². The minimum absolute atomic E-state index is 0.0185. The number of aromatic nitrogens is 2. The minimum Gasteiger partial charge on any atom is -0.356 e. The van der Waals surface area contributed by atoms with Crippen molar-refractivity contribution in [3.8, 4) is 0 Å². The molecular weight excluding hydrogens is 376 g/mol. The summed E-state index contributed by atoms with van der Waals surface area (Å²) in [5.41, 5.74) is -0.287. The molecule has 0 unspecified atom stereocenters. The maximum absolute atomic E-state index is 13.8. The highest BCUT2D eigenvalue weighted by Gasteiger charge is 2.49. The number of hydrogen-bond donors (Lipinski definition) is 0. The van der Waals surface area contributed by atoms with Crippen molar-refractivity contribution in [3.05, 3.63) is 53.7 Å². The molecule has 4 rings (SSSR count). The Hall–Kier alpha value is -2.71. The van der Waals surface area contributed by atoms with Crippen molar-refractivity contribution in [3.63, 3.8) is 0 Å². The second kappa shape index (κ2) is 6.72. The summed E-state index contributed by atoms with van der Waals surface area (Å²) in [6, 6.07) is 6.77. The van der Waals surface area contributed by atoms with E-state index in [1.54, 1.807) is 21.9 Å². The van der Waals surface area contributed by atoms with Crippen LogP contribution in [0.5, 0.6) is 0 Å². The third-order valence-electron chi connectivity index (χ3n) is 5.53. The molecule has 0 aliphatic carbocycles. The Balaban J connectivity index is 1.63. The summed E-state index contributed by atoms with van der Waals surface area (Å²) in [7, 11) is 0. The van der Waals surface area contributed by atoms with Gasteiger partial charge in [-0.15, -0.1) is 0 Å². The van der Waals surface area contributed by atoms with Crippen molar-refractivity contribution in [1.29, 1.82) is 0 Å². The van der Waals surface area contributed by atoms with E-state index in [-0.39, 0.29) is 35.4 Å². The largest absolute Gasteiger partial charge is 0.433 e. The molecule has 2 aliphatic rings. The number of nitrogens with zero attached hydrogens (tertiary/aromatic N) is 4. The van der Waals surface area contributed by atoms with Crippen LogP contribution in [0.15, 0.2) is 36.7 Å². The molecule has 28 heavy (non-hydrogen) atoms. The van der Waals surface area contributed by atoms with Crippen LogP contribution in [0.4, 0.5) is 23.4 Å². The van der Waals surface area contributed by atoms with Gasteiger partial charge in [-0.05, 0) is 17.7 Å². The third-order valence-corrected chi connectivity index (χ3v) is 5.53. The van der Waals surface area contributed by atoms with Crippen LogP contribution in [0.1, 0.15) is 24.2 Å². The first-order valence-corrected chi connectivity index (χ1v) is 8.91. The lowest BCUT2D eigenvalue weighted by Gasteiger charge is -2.29. The number of anilines is 1. The number of amides is 1. The van der Waals surface area contributed by atoms with Crippen LogP contribution in [-0.2, 0) is 11.0 Å². The Bertz CT molecular complexity index is 903. The van der Waals surface area contributed by atoms with Gasteiger partial charge in [0.1, 0.15) is 23.7 Å². The van der Waals surface area contributed by atoms with E-state index in [1.807, 2.05) is 0 Å². The molecule has 1 aromatic heterocycles. The Kier molecular flexibility index (Phi) is 4.47. The molecular formula is C19H18F4N4O. The molecule has 2 fully saturated rings. The number of hydrogen-bond acceptors (Lipinski definition) is 4. The van der Waals surface area contributed by atoms with Crippen molar-refractivity contribution >= 4 is 11.7 Å². The van der Waals surface area contributed by atoms with E-state index in [1.165, 1.54) is 19.1 Å². The van der Waals surface area contributed by atoms with Gasteiger partial charge in [0, 0.05) is 44.5 Å². The van der Waals surface area contributed by atoms with Crippen LogP contribution in [0.2, 0.25) is 0 Å². The number of carbonyl (C=O) groups excluding carboxylic acids is 1. The lowest BCUT2D eigenvalue weighted by Crippen LogP contribution is -2.34. The highest BCUT2D eigenvalue weighted by atomic mass is 19.4. The zero-order chi connectivity index (χ0) is 20.1. The number of fused-ring (bicyclic) bond motifs is 1. The topological polar surface area (TPSA) is 49.3 Å². The van der Waals surface area contributed by atoms with E-state index in [4.69, 9.17) is 0 Å². The molecule has 1 amide bonds. The average molecular weight is 394 g/mol. The molecule has 2 aliphatic heterocycles. The standard InChI is InChI=1S/C19H18F4N4O/c1-11(28)27-8-13-7-26(17-6-16(19(21,22)23)24-10-25-17)9-15(13)18(27)12-3-2-4-14(20)5-12/h2-6,10,13,15,18H,7-9H2,1H3/t13-,15-,18-/m1/s1. The van der Waals surface area contributed by atoms with Gasteiger partial charge in [-0.1, -0.05) is 12.1 Å². The quantitative estimate of drug-likeness (QED) is 0.734. The lowest BCUT2D eigenvalue weighted by atomic mass is 9.89. The number of likely N-dealkylation sites (tertiary alicyclic amines) is 1. The fraction of sp³-hybridized carbons (Fsp3) is 0.421. The molecule has 9 heteroatoms. The number of carbonyl (C=O) groups is 1. The summed E-state index contributed by atoms with van der Waals surface area (Å²) in [5.74, 6) is -0.220. The predicted molar refractivity (Wildman–Crippen MR) is 92.8 cm³/mol. The zero-order valence-electron chi connectivity index (χ0n) is 15.0. The molecule has 1 aromatic carbocycles. The molecule has 2 saturated heterocycles. The molecule has 3 atom stereocenters. The fourth-order valence-corrected chi connectivity index (χ4v) is 4.35. The van der Waals surface area contributed by atoms with Gasteiger partial charge in [-0.3, -0.25) is 4.79 Å². The van der Waals surface area contributed by atoms with Gasteiger partial charge >= 0.3 is 6.18 Å². The molecule has 0 radical (unpaired) electrons. The average Bonchev–Trinajstić information content (AvgIpc) is 3.19. The van der Waals surface area contributed by atoms with E-state index in [0.717, 1.165) is 12.4 Å². The number of alkyl halides is 3. The Morgan fingerprint density at radius 3 is 2.61 bits per heavy atom. The summed E-state index contributed by atoms with van der Waals surface area (Å²) in [5, 5.41) is 0. The molecule has 5 nitrogen and oxygen atoms in total. The maximum atomic E-state index is 13.8. The highest BCUT2D eigenvalue weighted by Crippen LogP contribution is 2.46. The lowest BCUT2D eigenvalue weighted by molar-refractivity contribution is -0.141. The molecule has 0 saturated carbocycles. The van der Waals surface area contributed by atoms with Crippen molar-refractivity contribution in [1.82, 2.24) is 14.9 Å². The van der Waals surface area contributed by atoms with Gasteiger partial charge in [0.2, 0.25) is 5.91 Å². The van der Waals surface area contributed by atoms with Gasteiger partial charge in [-0.2, -0.15) is 13.2 Å². The maximum Gasteiger partial charge on any atom is 0.433 e. The van der Waals surface area contributed by atoms with Gasteiger partial charge in [0.25, 0.3) is 0 Å². The van der Waals surface area contributed by atoms with Crippen LogP contribution < -0.4 is 4.90 Å². The molecule has 2 aromatic rings. The monoisotopic (exact) mass is 394 g/mol. The summed E-state index contributed by atoms with van der Waals surface area (Å²) >= 11 is 0. The molecule has 148 valence electrons. The first-order valence-electron chi connectivity index (χ1n) is 8.91. The van der Waals surface area contributed by atoms with E-state index < -0.39 is 11.9 Å². The minimum atomic E-state index is -4.54. The van der Waals surface area contributed by atoms with E-state index in [2.05, 4.69) is 9.97 Å². The van der Waals surface area contributed by atoms with E-state index in [0.29, 0.717) is 25.2 Å². The van der Waals surface area contributed by atoms with Crippen LogP contribution in [0, 0.1) is 17.7 Å². The highest BCUT2D eigenvalue weighted by molar-refractivity contribution is 5.74. The Morgan fingerprint density at radius 2 is 1.93 bits per heavy atom. The van der Waals surface area contributed by atoms with Crippen molar-refractivity contribution < 1.29 is 22.4 Å². The normalized spacial score (nSPS) is 24.5. The van der Waals surface area contributed by atoms with Crippen LogP contribution in [0.3, 0.4) is 0 Å².